The second kappa shape index (κ2) is 9.81. The van der Waals surface area contributed by atoms with Crippen LogP contribution in [0.5, 0.6) is 0 Å². The van der Waals surface area contributed by atoms with Crippen LogP contribution in [0.3, 0.4) is 0 Å². The lowest BCUT2D eigenvalue weighted by Crippen LogP contribution is -2.70. The van der Waals surface area contributed by atoms with E-state index in [0.29, 0.717) is 5.75 Å². The predicted molar refractivity (Wildman–Crippen MR) is 127 cm³/mol. The van der Waals surface area contributed by atoms with Gasteiger partial charge in [-0.25, -0.2) is 9.59 Å². The highest BCUT2D eigenvalue weighted by Crippen LogP contribution is 2.38. The van der Waals surface area contributed by atoms with Gasteiger partial charge < -0.3 is 20.0 Å². The summed E-state index contributed by atoms with van der Waals surface area (Å²) in [6.07, 6.45) is 0.833. The van der Waals surface area contributed by atoms with E-state index < -0.39 is 52.2 Å². The number of β-lactam (4-membered cyclic amide) rings is 1. The van der Waals surface area contributed by atoms with E-state index in [1.807, 2.05) is 0 Å². The number of hydrogen-bond acceptors (Lipinski definition) is 12. The largest absolute Gasteiger partial charge is 0.455 e. The molecule has 190 valence electrons. The van der Waals surface area contributed by atoms with Crippen LogP contribution in [-0.2, 0) is 23.9 Å². The lowest BCUT2D eigenvalue weighted by molar-refractivity contribution is -0.158. The van der Waals surface area contributed by atoms with Crippen LogP contribution in [0.2, 0.25) is 0 Å². The fourth-order valence-electron chi connectivity index (χ4n) is 3.02. The summed E-state index contributed by atoms with van der Waals surface area (Å²) in [6, 6.07) is -0.964. The average Bonchev–Trinajstić information content (AvgIpc) is 3.16. The number of ether oxygens (including phenoxy) is 2. The molecule has 13 nitrogen and oxygen atoms in total. The Bertz CT molecular complexity index is 1100. The van der Waals surface area contributed by atoms with Gasteiger partial charge in [0.05, 0.1) is 0 Å². The van der Waals surface area contributed by atoms with Gasteiger partial charge in [-0.15, -0.1) is 11.8 Å². The molecule has 2 aliphatic heterocycles. The molecule has 35 heavy (non-hydrogen) atoms. The fraction of sp³-hybridized carbons (Fsp3) is 0.550. The van der Waals surface area contributed by atoms with Gasteiger partial charge in [-0.05, 0) is 47.6 Å². The Morgan fingerprint density at radius 2 is 1.83 bits per heavy atom. The zero-order valence-electron chi connectivity index (χ0n) is 19.9. The van der Waals surface area contributed by atoms with E-state index in [1.165, 1.54) is 16.7 Å². The zero-order valence-corrected chi connectivity index (χ0v) is 21.6. The van der Waals surface area contributed by atoms with Crippen LogP contribution in [0.25, 0.3) is 0 Å². The summed E-state index contributed by atoms with van der Waals surface area (Å²) in [5, 5.41) is 16.7. The minimum Gasteiger partial charge on any atom is -0.455 e. The molecular weight excluding hydrogens is 500 g/mol. The lowest BCUT2D eigenvalue weighted by atomic mass is 10.0. The fourth-order valence-corrected chi connectivity index (χ4v) is 4.77. The highest BCUT2D eigenvalue weighted by atomic mass is 32.2. The van der Waals surface area contributed by atoms with Crippen molar-refractivity contribution >= 4 is 58.0 Å². The summed E-state index contributed by atoms with van der Waals surface area (Å²) in [7, 11) is 0. The van der Waals surface area contributed by atoms with Crippen LogP contribution < -0.4 is 10.6 Å². The second-order valence-electron chi connectivity index (χ2n) is 9.47. The molecule has 1 aromatic heterocycles. The number of hydrogen-bond donors (Lipinski definition) is 3. The van der Waals surface area contributed by atoms with Gasteiger partial charge in [-0.2, -0.15) is 9.36 Å². The summed E-state index contributed by atoms with van der Waals surface area (Å²) in [6.45, 7) is 10.2. The van der Waals surface area contributed by atoms with E-state index in [0.717, 1.165) is 11.5 Å². The topological polar surface area (TPSA) is 172 Å². The van der Waals surface area contributed by atoms with Gasteiger partial charge in [0.25, 0.3) is 11.8 Å². The Kier molecular flexibility index (Phi) is 7.40. The van der Waals surface area contributed by atoms with Crippen molar-refractivity contribution < 1.29 is 33.9 Å². The lowest BCUT2D eigenvalue weighted by Gasteiger charge is -2.48. The van der Waals surface area contributed by atoms with E-state index in [-0.39, 0.29) is 16.7 Å². The number of nitrogens with zero attached hydrogens (tertiary/aromatic N) is 4. The van der Waals surface area contributed by atoms with Crippen molar-refractivity contribution in [3.05, 3.63) is 17.6 Å². The van der Waals surface area contributed by atoms with Crippen LogP contribution in [0, 0.1) is 0 Å². The average molecular weight is 527 g/mol. The summed E-state index contributed by atoms with van der Waals surface area (Å²) < 4.78 is 14.4. The number of aromatic nitrogens is 2. The number of oxime groups is 1. The van der Waals surface area contributed by atoms with Crippen LogP contribution in [-0.4, -0.2) is 77.4 Å². The smallest absolute Gasteiger partial charge is 0.414 e. The molecule has 2 aliphatic rings. The molecule has 0 aromatic carbocycles. The Balaban J connectivity index is 1.65. The molecule has 1 saturated heterocycles. The van der Waals surface area contributed by atoms with Gasteiger partial charge >= 0.3 is 12.1 Å². The Morgan fingerprint density at radius 3 is 2.43 bits per heavy atom. The minimum atomic E-state index is -0.964. The molecule has 0 unspecified atom stereocenters. The molecule has 3 N–H and O–H groups in total. The van der Waals surface area contributed by atoms with Crippen molar-refractivity contribution in [3.8, 4) is 0 Å². The quantitative estimate of drug-likeness (QED) is 0.168. The molecule has 3 amide bonds. The molecular formula is C20H26N6O7S2. The van der Waals surface area contributed by atoms with Crippen molar-refractivity contribution in [1.82, 2.24) is 19.6 Å². The molecule has 2 atom stereocenters. The van der Waals surface area contributed by atoms with Crippen molar-refractivity contribution in [3.63, 3.8) is 0 Å². The molecule has 0 saturated carbocycles. The maximum absolute atomic E-state index is 12.8. The number of amides is 3. The molecule has 0 spiro atoms. The van der Waals surface area contributed by atoms with Gasteiger partial charge in [-0.1, -0.05) is 5.16 Å². The standard InChI is InChI=1S/C20H26N6O7S2/c1-19(2,3)32-16(29)9-7-8-34-15-11(14(28)26(9)15)21-13(27)10(24-31)12-22-17(35-25-12)23-18(30)33-20(4,5)6/h7,11,15,31H,8H2,1-6H3,(H,21,27)(H,22,23,25,30)/t11-,15+/m1/s1. The van der Waals surface area contributed by atoms with Crippen molar-refractivity contribution in [2.45, 2.75) is 64.2 Å². The number of nitrogens with one attached hydrogen (secondary N) is 2. The molecule has 1 fully saturated rings. The number of thioether (sulfide) groups is 1. The van der Waals surface area contributed by atoms with Crippen molar-refractivity contribution in [2.24, 2.45) is 5.16 Å². The van der Waals surface area contributed by atoms with Crippen LogP contribution in [0.1, 0.15) is 47.4 Å². The monoisotopic (exact) mass is 526 g/mol. The van der Waals surface area contributed by atoms with Gasteiger partial charge in [0.1, 0.15) is 28.3 Å². The Labute approximate surface area is 209 Å². The van der Waals surface area contributed by atoms with E-state index in [9.17, 15) is 24.4 Å². The summed E-state index contributed by atoms with van der Waals surface area (Å²) >= 11 is 2.10. The normalized spacial score (nSPS) is 20.3. The molecule has 3 rings (SSSR count). The first-order valence-electron chi connectivity index (χ1n) is 10.5. The van der Waals surface area contributed by atoms with Crippen LogP contribution in [0.4, 0.5) is 9.93 Å². The van der Waals surface area contributed by atoms with E-state index >= 15 is 0 Å². The van der Waals surface area contributed by atoms with Crippen molar-refractivity contribution in [2.75, 3.05) is 11.1 Å². The highest BCUT2D eigenvalue weighted by Gasteiger charge is 2.53. The van der Waals surface area contributed by atoms with Crippen LogP contribution in [0.15, 0.2) is 16.9 Å². The Morgan fingerprint density at radius 1 is 1.17 bits per heavy atom. The second-order valence-corrected chi connectivity index (χ2v) is 11.4. The van der Waals surface area contributed by atoms with Crippen LogP contribution >= 0.6 is 23.3 Å². The third-order valence-corrected chi connectivity index (χ3v) is 6.12. The highest BCUT2D eigenvalue weighted by molar-refractivity contribution is 8.00. The van der Waals surface area contributed by atoms with Crippen molar-refractivity contribution in [1.29, 1.82) is 0 Å². The zero-order chi connectivity index (χ0) is 26.1. The minimum absolute atomic E-state index is 0.0177. The third kappa shape index (κ3) is 6.28. The first-order chi connectivity index (χ1) is 16.2. The van der Waals surface area contributed by atoms with Gasteiger partial charge in [0.2, 0.25) is 16.7 Å². The van der Waals surface area contributed by atoms with E-state index in [4.69, 9.17) is 9.47 Å². The summed E-state index contributed by atoms with van der Waals surface area (Å²) in [4.78, 5) is 55.1. The molecule has 1 aromatic rings. The third-order valence-electron chi connectivity index (χ3n) is 4.30. The molecule has 3 heterocycles. The summed E-state index contributed by atoms with van der Waals surface area (Å²) in [5.41, 5.74) is -1.89. The number of fused-ring (bicyclic) bond motifs is 1. The number of anilines is 1. The Hall–Kier alpha value is -3.20. The molecule has 0 radical (unpaired) electrons. The van der Waals surface area contributed by atoms with E-state index in [1.54, 1.807) is 47.6 Å². The SMILES string of the molecule is CC(C)(C)OC(=O)Nc1nc(C(=NO)C(=O)N[C@@H]2C(=O)N3C(C(=O)OC(C)(C)C)=CCS[C@@H]23)ns1. The maximum Gasteiger partial charge on any atom is 0.414 e. The first-order valence-corrected chi connectivity index (χ1v) is 12.3. The molecule has 0 aliphatic carbocycles. The number of carbonyl (C=O) groups is 4. The van der Waals surface area contributed by atoms with Gasteiger partial charge in [0, 0.05) is 17.3 Å². The number of rotatable bonds is 5. The number of carbonyl (C=O) groups excluding carboxylic acids is 4. The first kappa shape index (κ1) is 26.4. The number of esters is 1. The molecule has 0 bridgehead atoms. The predicted octanol–water partition coefficient (Wildman–Crippen LogP) is 1.69. The summed E-state index contributed by atoms with van der Waals surface area (Å²) in [5.74, 6) is -1.86. The van der Waals surface area contributed by atoms with Gasteiger partial charge in [0.15, 0.2) is 0 Å². The maximum atomic E-state index is 12.8. The molecule has 15 heteroatoms. The van der Waals surface area contributed by atoms with E-state index in [2.05, 4.69) is 25.1 Å². The van der Waals surface area contributed by atoms with Gasteiger partial charge in [-0.3, -0.25) is 19.8 Å².